The number of carboxylic acid groups (broad SMARTS) is 1. The Kier molecular flexibility index (Phi) is 5.15. The molecule has 1 aliphatic rings. The van der Waals surface area contributed by atoms with Crippen LogP contribution in [0.1, 0.15) is 44.2 Å². The molecule has 1 aliphatic heterocycles. The minimum absolute atomic E-state index is 0.0912. The van der Waals surface area contributed by atoms with Crippen molar-refractivity contribution in [2.75, 3.05) is 0 Å². The highest BCUT2D eigenvalue weighted by Crippen LogP contribution is 2.20. The number of hydrogen-bond donors (Lipinski definition) is 2. The third-order valence-electron chi connectivity index (χ3n) is 4.04. The fraction of sp³-hybridized carbons (Fsp3) is 0.562. The Morgan fingerprint density at radius 2 is 1.75 bits per heavy atom. The Balaban J connectivity index is 1.88. The van der Waals surface area contributed by atoms with Crippen molar-refractivity contribution in [3.05, 3.63) is 35.4 Å². The average Bonchev–Trinajstić information content (AvgIpc) is 2.39. The van der Waals surface area contributed by atoms with Crippen LogP contribution in [0, 0.1) is 0 Å². The van der Waals surface area contributed by atoms with Gasteiger partial charge < -0.3 is 5.11 Å². The van der Waals surface area contributed by atoms with Gasteiger partial charge in [0, 0.05) is 18.6 Å². The molecule has 20 heavy (non-hydrogen) atoms. The summed E-state index contributed by atoms with van der Waals surface area (Å²) in [6.45, 7) is 5.32. The van der Waals surface area contributed by atoms with E-state index in [1.807, 2.05) is 24.3 Å². The maximum absolute atomic E-state index is 10.6. The van der Waals surface area contributed by atoms with Gasteiger partial charge in [-0.25, -0.2) is 5.01 Å². The zero-order chi connectivity index (χ0) is 14.5. The van der Waals surface area contributed by atoms with Crippen LogP contribution in [-0.4, -0.2) is 28.2 Å². The van der Waals surface area contributed by atoms with E-state index in [-0.39, 0.29) is 6.42 Å². The number of carbonyl (C=O) groups is 1. The highest BCUT2D eigenvalue weighted by molar-refractivity contribution is 5.70. The van der Waals surface area contributed by atoms with Gasteiger partial charge in [-0.05, 0) is 37.8 Å². The Morgan fingerprint density at radius 3 is 2.30 bits per heavy atom. The minimum Gasteiger partial charge on any atom is -0.481 e. The lowest BCUT2D eigenvalue weighted by Crippen LogP contribution is -2.51. The van der Waals surface area contributed by atoms with Crippen LogP contribution in [-0.2, 0) is 17.8 Å². The van der Waals surface area contributed by atoms with E-state index in [9.17, 15) is 4.79 Å². The summed E-state index contributed by atoms with van der Waals surface area (Å²) in [6.07, 6.45) is 3.89. The number of rotatable bonds is 5. The molecule has 1 aromatic carbocycles. The molecule has 1 fully saturated rings. The van der Waals surface area contributed by atoms with Gasteiger partial charge in [-0.3, -0.25) is 10.2 Å². The van der Waals surface area contributed by atoms with Crippen molar-refractivity contribution < 1.29 is 9.90 Å². The third-order valence-corrected chi connectivity index (χ3v) is 4.04. The molecule has 2 atom stereocenters. The minimum atomic E-state index is -0.785. The van der Waals surface area contributed by atoms with Crippen LogP contribution in [0.2, 0.25) is 0 Å². The predicted octanol–water partition coefficient (Wildman–Crippen LogP) is 2.58. The smallest absolute Gasteiger partial charge is 0.307 e. The first kappa shape index (κ1) is 15.0. The number of aliphatic carboxylic acids is 1. The number of benzene rings is 1. The molecule has 0 aliphatic carbocycles. The van der Waals surface area contributed by atoms with Crippen LogP contribution in [0.3, 0.4) is 0 Å². The standard InChI is InChI=1S/C16H24N2O2/c1-12-4-3-5-13(2)18(12)17-11-15-8-6-14(7-9-15)10-16(19)20/h6-9,12-13,17H,3-5,10-11H2,1-2H3,(H,19,20). The van der Waals surface area contributed by atoms with Crippen LogP contribution in [0.15, 0.2) is 24.3 Å². The Labute approximate surface area is 120 Å². The topological polar surface area (TPSA) is 52.6 Å². The van der Waals surface area contributed by atoms with Crippen molar-refractivity contribution in [2.45, 2.75) is 58.2 Å². The zero-order valence-corrected chi connectivity index (χ0v) is 12.3. The molecule has 0 bridgehead atoms. The molecule has 0 saturated carbocycles. The number of hydrazine groups is 1. The van der Waals surface area contributed by atoms with Gasteiger partial charge in [0.2, 0.25) is 0 Å². The fourth-order valence-corrected chi connectivity index (χ4v) is 2.87. The van der Waals surface area contributed by atoms with Gasteiger partial charge in [-0.1, -0.05) is 30.7 Å². The van der Waals surface area contributed by atoms with E-state index in [2.05, 4.69) is 24.3 Å². The normalized spacial score (nSPS) is 23.7. The van der Waals surface area contributed by atoms with E-state index >= 15 is 0 Å². The summed E-state index contributed by atoms with van der Waals surface area (Å²) in [7, 11) is 0. The third kappa shape index (κ3) is 4.05. The van der Waals surface area contributed by atoms with Gasteiger partial charge in [0.05, 0.1) is 6.42 Å². The molecular formula is C16H24N2O2. The van der Waals surface area contributed by atoms with Gasteiger partial charge in [0.25, 0.3) is 0 Å². The van der Waals surface area contributed by atoms with Crippen molar-refractivity contribution >= 4 is 5.97 Å². The molecule has 1 saturated heterocycles. The summed E-state index contributed by atoms with van der Waals surface area (Å²) in [5, 5.41) is 11.1. The van der Waals surface area contributed by atoms with Crippen LogP contribution in [0.5, 0.6) is 0 Å². The molecular weight excluding hydrogens is 252 g/mol. The molecule has 1 aromatic rings. The van der Waals surface area contributed by atoms with Crippen molar-refractivity contribution in [3.8, 4) is 0 Å². The highest BCUT2D eigenvalue weighted by atomic mass is 16.4. The molecule has 1 heterocycles. The Morgan fingerprint density at radius 1 is 1.20 bits per heavy atom. The second kappa shape index (κ2) is 6.86. The van der Waals surface area contributed by atoms with Gasteiger partial charge >= 0.3 is 5.97 Å². The first-order valence-corrected chi connectivity index (χ1v) is 7.37. The van der Waals surface area contributed by atoms with Gasteiger partial charge in [-0.2, -0.15) is 0 Å². The molecule has 2 unspecified atom stereocenters. The van der Waals surface area contributed by atoms with Crippen molar-refractivity contribution in [1.29, 1.82) is 0 Å². The molecule has 2 N–H and O–H groups in total. The Hall–Kier alpha value is -1.39. The van der Waals surface area contributed by atoms with Gasteiger partial charge in [0.15, 0.2) is 0 Å². The lowest BCUT2D eigenvalue weighted by molar-refractivity contribution is -0.136. The van der Waals surface area contributed by atoms with E-state index in [1.54, 1.807) is 0 Å². The van der Waals surface area contributed by atoms with E-state index in [0.717, 1.165) is 12.1 Å². The van der Waals surface area contributed by atoms with Gasteiger partial charge in [0.1, 0.15) is 0 Å². The van der Waals surface area contributed by atoms with E-state index in [0.29, 0.717) is 12.1 Å². The summed E-state index contributed by atoms with van der Waals surface area (Å²) in [6, 6.07) is 8.95. The largest absolute Gasteiger partial charge is 0.481 e. The predicted molar refractivity (Wildman–Crippen MR) is 79.2 cm³/mol. The molecule has 110 valence electrons. The van der Waals surface area contributed by atoms with Crippen molar-refractivity contribution in [2.24, 2.45) is 0 Å². The SMILES string of the molecule is CC1CCCC(C)N1NCc1ccc(CC(=O)O)cc1. The quantitative estimate of drug-likeness (QED) is 0.868. The lowest BCUT2D eigenvalue weighted by atomic mass is 10.00. The van der Waals surface area contributed by atoms with Gasteiger partial charge in [-0.15, -0.1) is 0 Å². The van der Waals surface area contributed by atoms with E-state index < -0.39 is 5.97 Å². The van der Waals surface area contributed by atoms with E-state index in [1.165, 1.54) is 24.8 Å². The molecule has 2 rings (SSSR count). The number of carboxylic acids is 1. The maximum Gasteiger partial charge on any atom is 0.307 e. The van der Waals surface area contributed by atoms with E-state index in [4.69, 9.17) is 5.11 Å². The molecule has 0 amide bonds. The summed E-state index contributed by atoms with van der Waals surface area (Å²) in [5.41, 5.74) is 5.55. The first-order valence-electron chi connectivity index (χ1n) is 7.37. The second-order valence-electron chi connectivity index (χ2n) is 5.76. The maximum atomic E-state index is 10.6. The van der Waals surface area contributed by atoms with Crippen LogP contribution in [0.4, 0.5) is 0 Å². The molecule has 4 nitrogen and oxygen atoms in total. The number of hydrogen-bond acceptors (Lipinski definition) is 3. The number of nitrogens with one attached hydrogen (secondary N) is 1. The average molecular weight is 276 g/mol. The lowest BCUT2D eigenvalue weighted by Gasteiger charge is -2.39. The zero-order valence-electron chi connectivity index (χ0n) is 12.3. The second-order valence-corrected chi connectivity index (χ2v) is 5.76. The molecule has 0 aromatic heterocycles. The summed E-state index contributed by atoms with van der Waals surface area (Å²) in [5.74, 6) is -0.785. The van der Waals surface area contributed by atoms with Crippen molar-refractivity contribution in [1.82, 2.24) is 10.4 Å². The summed E-state index contributed by atoms with van der Waals surface area (Å²) < 4.78 is 0. The molecule has 0 spiro atoms. The number of nitrogens with zero attached hydrogens (tertiary/aromatic N) is 1. The number of piperidine rings is 1. The van der Waals surface area contributed by atoms with Crippen molar-refractivity contribution in [3.63, 3.8) is 0 Å². The highest BCUT2D eigenvalue weighted by Gasteiger charge is 2.23. The fourth-order valence-electron chi connectivity index (χ4n) is 2.87. The molecule has 4 heteroatoms. The first-order chi connectivity index (χ1) is 9.56. The van der Waals surface area contributed by atoms with Crippen LogP contribution >= 0.6 is 0 Å². The summed E-state index contributed by atoms with van der Waals surface area (Å²) >= 11 is 0. The van der Waals surface area contributed by atoms with Crippen LogP contribution < -0.4 is 5.43 Å². The molecule has 0 radical (unpaired) electrons. The monoisotopic (exact) mass is 276 g/mol. The van der Waals surface area contributed by atoms with Crippen LogP contribution in [0.25, 0.3) is 0 Å². The summed E-state index contributed by atoms with van der Waals surface area (Å²) in [4.78, 5) is 10.6. The Bertz CT molecular complexity index is 434.